The lowest BCUT2D eigenvalue weighted by Gasteiger charge is -2.08. The van der Waals surface area contributed by atoms with E-state index in [2.05, 4.69) is 37.2 Å². The molecule has 0 unspecified atom stereocenters. The maximum Gasteiger partial charge on any atom is 0.250 e. The van der Waals surface area contributed by atoms with E-state index in [1.54, 1.807) is 11.3 Å². The van der Waals surface area contributed by atoms with Gasteiger partial charge in [0, 0.05) is 5.41 Å². The van der Waals surface area contributed by atoms with Crippen molar-refractivity contribution in [3.05, 3.63) is 16.1 Å². The van der Waals surface area contributed by atoms with Crippen LogP contribution in [0.3, 0.4) is 0 Å². The average Bonchev–Trinajstić information content (AvgIpc) is 2.35. The lowest BCUT2D eigenvalue weighted by atomic mass is 9.93. The summed E-state index contributed by atoms with van der Waals surface area (Å²) in [6.45, 7) is 6.46. The number of nitrogens with zero attached hydrogens (tertiary/aromatic N) is 1. The van der Waals surface area contributed by atoms with Crippen molar-refractivity contribution in [1.29, 1.82) is 5.26 Å². The van der Waals surface area contributed by atoms with Crippen molar-refractivity contribution < 1.29 is 4.98 Å². The van der Waals surface area contributed by atoms with Crippen molar-refractivity contribution >= 4 is 11.3 Å². The summed E-state index contributed by atoms with van der Waals surface area (Å²) in [6.07, 6.45) is 0.487. The Morgan fingerprint density at radius 1 is 1.58 bits per heavy atom. The molecule has 0 fully saturated rings. The highest BCUT2D eigenvalue weighted by molar-refractivity contribution is 7.09. The van der Waals surface area contributed by atoms with E-state index in [0.717, 1.165) is 5.01 Å². The Morgan fingerprint density at radius 2 is 2.25 bits per heavy atom. The van der Waals surface area contributed by atoms with E-state index in [9.17, 15) is 0 Å². The molecule has 0 aliphatic carbocycles. The van der Waals surface area contributed by atoms with Crippen LogP contribution in [0.2, 0.25) is 0 Å². The molecule has 0 bridgehead atoms. The minimum atomic E-state index is 0.157. The van der Waals surface area contributed by atoms with E-state index in [4.69, 9.17) is 5.26 Å². The molecule has 1 aromatic rings. The van der Waals surface area contributed by atoms with Gasteiger partial charge in [0.1, 0.15) is 6.42 Å². The first kappa shape index (κ1) is 9.21. The molecule has 12 heavy (non-hydrogen) atoms. The summed E-state index contributed by atoms with van der Waals surface area (Å²) in [5, 5.41) is 11.6. The lowest BCUT2D eigenvalue weighted by molar-refractivity contribution is -0.399. The third kappa shape index (κ3) is 2.05. The maximum absolute atomic E-state index is 8.47. The van der Waals surface area contributed by atoms with Crippen molar-refractivity contribution in [2.24, 2.45) is 0 Å². The quantitative estimate of drug-likeness (QED) is 0.652. The van der Waals surface area contributed by atoms with Crippen LogP contribution in [0.15, 0.2) is 5.38 Å². The van der Waals surface area contributed by atoms with E-state index in [1.807, 2.05) is 0 Å². The monoisotopic (exact) mass is 181 g/mol. The van der Waals surface area contributed by atoms with Gasteiger partial charge >= 0.3 is 0 Å². The number of hydrogen-bond donors (Lipinski definition) is 0. The normalized spacial score (nSPS) is 11.2. The fourth-order valence-corrected chi connectivity index (χ4v) is 1.85. The number of aromatic nitrogens is 1. The molecule has 0 saturated heterocycles. The molecule has 0 aliphatic heterocycles. The van der Waals surface area contributed by atoms with Crippen molar-refractivity contribution in [3.63, 3.8) is 0 Å². The number of H-pyrrole nitrogens is 1. The molecule has 3 heteroatoms. The van der Waals surface area contributed by atoms with Crippen LogP contribution >= 0.6 is 11.3 Å². The number of aromatic amines is 1. The molecule has 1 N–H and O–H groups in total. The minimum absolute atomic E-state index is 0.157. The molecule has 0 radical (unpaired) electrons. The summed E-state index contributed by atoms with van der Waals surface area (Å²) in [6, 6.07) is 2.13. The van der Waals surface area contributed by atoms with Crippen LogP contribution in [-0.2, 0) is 11.8 Å². The van der Waals surface area contributed by atoms with E-state index >= 15 is 0 Å². The first-order valence-corrected chi connectivity index (χ1v) is 4.79. The van der Waals surface area contributed by atoms with Gasteiger partial charge in [-0.3, -0.25) is 0 Å². The Morgan fingerprint density at radius 3 is 2.67 bits per heavy atom. The van der Waals surface area contributed by atoms with E-state index in [1.165, 1.54) is 5.69 Å². The molecule has 1 heterocycles. The SMILES string of the molecule is CC(C)(C)c1csc(CC#N)[nH+]1. The zero-order valence-electron chi connectivity index (χ0n) is 7.64. The average molecular weight is 181 g/mol. The number of thiazole rings is 1. The summed E-state index contributed by atoms with van der Waals surface area (Å²) < 4.78 is 0. The second kappa shape index (κ2) is 3.24. The summed E-state index contributed by atoms with van der Waals surface area (Å²) in [7, 11) is 0. The van der Waals surface area contributed by atoms with Gasteiger partial charge < -0.3 is 0 Å². The van der Waals surface area contributed by atoms with Gasteiger partial charge in [-0.05, 0) is 0 Å². The molecule has 0 atom stereocenters. The Bertz CT molecular complexity index is 301. The van der Waals surface area contributed by atoms with Crippen LogP contribution in [0.5, 0.6) is 0 Å². The molecular formula is C9H13N2S+. The van der Waals surface area contributed by atoms with Crippen LogP contribution in [0.25, 0.3) is 0 Å². The summed E-state index contributed by atoms with van der Waals surface area (Å²) in [5.41, 5.74) is 1.36. The molecule has 0 amide bonds. The highest BCUT2D eigenvalue weighted by Gasteiger charge is 2.23. The maximum atomic E-state index is 8.47. The van der Waals surface area contributed by atoms with E-state index in [-0.39, 0.29) is 5.41 Å². The Kier molecular flexibility index (Phi) is 2.49. The predicted molar refractivity (Wildman–Crippen MR) is 48.9 cm³/mol. The van der Waals surface area contributed by atoms with Gasteiger partial charge in [0.25, 0.3) is 0 Å². The molecule has 64 valence electrons. The van der Waals surface area contributed by atoms with Crippen LogP contribution in [0.1, 0.15) is 31.5 Å². The van der Waals surface area contributed by atoms with Crippen LogP contribution in [0.4, 0.5) is 0 Å². The van der Waals surface area contributed by atoms with E-state index < -0.39 is 0 Å². The molecule has 0 spiro atoms. The van der Waals surface area contributed by atoms with Gasteiger partial charge in [0.15, 0.2) is 5.69 Å². The zero-order chi connectivity index (χ0) is 9.19. The standard InChI is InChI=1S/C9H12N2S/c1-9(2,3)7-6-12-8(11-7)4-5-10/h6H,4H2,1-3H3/p+1. The zero-order valence-corrected chi connectivity index (χ0v) is 8.46. The molecular weight excluding hydrogens is 168 g/mol. The van der Waals surface area contributed by atoms with Crippen LogP contribution in [-0.4, -0.2) is 0 Å². The fourth-order valence-electron chi connectivity index (χ4n) is 0.861. The lowest BCUT2D eigenvalue weighted by Crippen LogP contribution is -2.22. The number of rotatable bonds is 1. The van der Waals surface area contributed by atoms with Gasteiger partial charge in [0.05, 0.1) is 11.4 Å². The largest absolute Gasteiger partial charge is 0.250 e. The Labute approximate surface area is 76.9 Å². The summed E-state index contributed by atoms with van der Waals surface area (Å²) in [5.74, 6) is 0. The first-order valence-electron chi connectivity index (χ1n) is 3.91. The van der Waals surface area contributed by atoms with Gasteiger partial charge in [-0.1, -0.05) is 32.1 Å². The van der Waals surface area contributed by atoms with Gasteiger partial charge in [-0.25, -0.2) is 4.98 Å². The number of hydrogen-bond acceptors (Lipinski definition) is 2. The highest BCUT2D eigenvalue weighted by Crippen LogP contribution is 2.20. The predicted octanol–water partition coefficient (Wildman–Crippen LogP) is 1.93. The molecule has 1 rings (SSSR count). The fraction of sp³-hybridized carbons (Fsp3) is 0.556. The van der Waals surface area contributed by atoms with Gasteiger partial charge in [-0.15, -0.1) is 0 Å². The molecule has 1 aromatic heterocycles. The summed E-state index contributed by atoms with van der Waals surface area (Å²) in [4.78, 5) is 3.25. The summed E-state index contributed by atoms with van der Waals surface area (Å²) >= 11 is 1.62. The van der Waals surface area contributed by atoms with Crippen LogP contribution < -0.4 is 4.98 Å². The minimum Gasteiger partial charge on any atom is -0.202 e. The second-order valence-corrected chi connectivity index (χ2v) is 4.75. The second-order valence-electron chi connectivity index (χ2n) is 3.78. The highest BCUT2D eigenvalue weighted by atomic mass is 32.1. The van der Waals surface area contributed by atoms with Crippen molar-refractivity contribution in [2.75, 3.05) is 0 Å². The Hall–Kier alpha value is -0.880. The molecule has 0 saturated carbocycles. The van der Waals surface area contributed by atoms with Crippen molar-refractivity contribution in [1.82, 2.24) is 0 Å². The van der Waals surface area contributed by atoms with Crippen molar-refractivity contribution in [2.45, 2.75) is 32.6 Å². The first-order chi connectivity index (χ1) is 5.54. The molecule has 0 aliphatic rings. The smallest absolute Gasteiger partial charge is 0.202 e. The van der Waals surface area contributed by atoms with Gasteiger partial charge in [-0.2, -0.15) is 5.26 Å². The third-order valence-electron chi connectivity index (χ3n) is 1.64. The van der Waals surface area contributed by atoms with Crippen molar-refractivity contribution in [3.8, 4) is 6.07 Å². The van der Waals surface area contributed by atoms with Gasteiger partial charge in [0.2, 0.25) is 5.01 Å². The van der Waals surface area contributed by atoms with E-state index in [0.29, 0.717) is 6.42 Å². The topological polar surface area (TPSA) is 37.9 Å². The number of nitrogens with one attached hydrogen (secondary N) is 1. The molecule has 0 aromatic carbocycles. The van der Waals surface area contributed by atoms with Crippen LogP contribution in [0, 0.1) is 11.3 Å². The Balaban J connectivity index is 2.86. The number of nitriles is 1. The molecule has 2 nitrogen and oxygen atoms in total. The third-order valence-corrected chi connectivity index (χ3v) is 2.53.